The van der Waals surface area contributed by atoms with E-state index in [4.69, 9.17) is 24.2 Å². The highest BCUT2D eigenvalue weighted by atomic mass is 19.4. The molecule has 42 heavy (non-hydrogen) atoms. The van der Waals surface area contributed by atoms with Gasteiger partial charge in [0.1, 0.15) is 11.4 Å². The number of alkyl halides is 3. The van der Waals surface area contributed by atoms with E-state index in [9.17, 15) is 17.6 Å². The Labute approximate surface area is 238 Å². The standard InChI is InChI=1S/C29H26F4N2O.C2H2O4/c30-26-9-8-23(28-24(26)13-18-36-28)20-10-15-35(16-11-20)17-12-22(27-7-3-4-14-34-27)19-21-5-1-2-6-25(21)29(31,32)33;3-1(4)2(5)6/h1-10,13-14,18,22H,11-12,15-17,19H2;(H,3,4)(H,5,6). The predicted octanol–water partition coefficient (Wildman–Crippen LogP) is 6.65. The normalized spacial score (nSPS) is 14.5. The van der Waals surface area contributed by atoms with Crippen LogP contribution in [0.15, 0.2) is 83.6 Å². The summed E-state index contributed by atoms with van der Waals surface area (Å²) >= 11 is 0. The first-order chi connectivity index (χ1) is 20.0. The molecule has 1 unspecified atom stereocenters. The van der Waals surface area contributed by atoms with Gasteiger partial charge >= 0.3 is 18.1 Å². The van der Waals surface area contributed by atoms with Gasteiger partial charge in [-0.3, -0.25) is 9.88 Å². The number of halogens is 4. The van der Waals surface area contributed by atoms with Gasteiger partial charge in [0, 0.05) is 36.5 Å². The molecular weight excluding hydrogens is 556 g/mol. The molecule has 1 aliphatic heterocycles. The van der Waals surface area contributed by atoms with Gasteiger partial charge in [0.25, 0.3) is 0 Å². The van der Waals surface area contributed by atoms with E-state index in [1.807, 2.05) is 18.2 Å². The summed E-state index contributed by atoms with van der Waals surface area (Å²) in [5.41, 5.74) is 3.10. The molecule has 0 aliphatic carbocycles. The van der Waals surface area contributed by atoms with Crippen LogP contribution in [-0.4, -0.2) is 51.7 Å². The van der Waals surface area contributed by atoms with Crippen LogP contribution >= 0.6 is 0 Å². The molecule has 0 radical (unpaired) electrons. The zero-order valence-corrected chi connectivity index (χ0v) is 22.4. The Balaban J connectivity index is 0.000000612. The fourth-order valence-electron chi connectivity index (χ4n) is 4.99. The number of rotatable bonds is 7. The molecule has 1 atom stereocenters. The highest BCUT2D eigenvalue weighted by Gasteiger charge is 2.33. The SMILES string of the molecule is Fc1ccc(C2=CCN(CCC(Cc3ccccc3C(F)(F)F)c3ccccn3)CC2)c2occc12.O=C(O)C(=O)O. The minimum atomic E-state index is -4.39. The minimum Gasteiger partial charge on any atom is -0.473 e. The molecule has 220 valence electrons. The van der Waals surface area contributed by atoms with E-state index in [-0.39, 0.29) is 18.2 Å². The number of benzene rings is 2. The first-order valence-electron chi connectivity index (χ1n) is 13.1. The number of hydrogen-bond acceptors (Lipinski definition) is 5. The second-order valence-electron chi connectivity index (χ2n) is 9.75. The molecule has 7 nitrogen and oxygen atoms in total. The third kappa shape index (κ3) is 7.61. The lowest BCUT2D eigenvalue weighted by molar-refractivity contribution is -0.159. The number of pyridine rings is 1. The predicted molar refractivity (Wildman–Crippen MR) is 147 cm³/mol. The van der Waals surface area contributed by atoms with E-state index in [1.165, 1.54) is 18.4 Å². The van der Waals surface area contributed by atoms with Crippen LogP contribution in [0.4, 0.5) is 17.6 Å². The summed E-state index contributed by atoms with van der Waals surface area (Å²) in [6, 6.07) is 16.2. The average Bonchev–Trinajstić information content (AvgIpc) is 3.47. The number of carboxylic acid groups (broad SMARTS) is 2. The monoisotopic (exact) mass is 584 g/mol. The quantitative estimate of drug-likeness (QED) is 0.185. The van der Waals surface area contributed by atoms with E-state index < -0.39 is 23.7 Å². The van der Waals surface area contributed by atoms with Crippen molar-refractivity contribution in [1.29, 1.82) is 0 Å². The number of aliphatic carboxylic acids is 2. The van der Waals surface area contributed by atoms with Gasteiger partial charge in [-0.1, -0.05) is 30.3 Å². The molecule has 2 aromatic heterocycles. The van der Waals surface area contributed by atoms with Gasteiger partial charge in [0.05, 0.1) is 17.2 Å². The maximum atomic E-state index is 14.0. The van der Waals surface area contributed by atoms with Crippen molar-refractivity contribution in [2.45, 2.75) is 31.4 Å². The van der Waals surface area contributed by atoms with Crippen molar-refractivity contribution >= 4 is 28.5 Å². The first-order valence-corrected chi connectivity index (χ1v) is 13.1. The van der Waals surface area contributed by atoms with Gasteiger partial charge in [-0.15, -0.1) is 0 Å². The van der Waals surface area contributed by atoms with E-state index in [2.05, 4.69) is 16.0 Å². The first kappa shape index (κ1) is 30.4. The highest BCUT2D eigenvalue weighted by Crippen LogP contribution is 2.35. The van der Waals surface area contributed by atoms with Crippen LogP contribution < -0.4 is 0 Å². The second kappa shape index (κ2) is 13.4. The molecule has 3 heterocycles. The van der Waals surface area contributed by atoms with E-state index in [0.717, 1.165) is 42.4 Å². The smallest absolute Gasteiger partial charge is 0.416 e. The van der Waals surface area contributed by atoms with Crippen molar-refractivity contribution in [2.75, 3.05) is 19.6 Å². The molecule has 0 saturated heterocycles. The number of hydrogen-bond donors (Lipinski definition) is 2. The number of fused-ring (bicyclic) bond motifs is 1. The molecule has 0 amide bonds. The summed E-state index contributed by atoms with van der Waals surface area (Å²) < 4.78 is 60.4. The Hall–Kier alpha value is -4.51. The van der Waals surface area contributed by atoms with E-state index >= 15 is 0 Å². The summed E-state index contributed by atoms with van der Waals surface area (Å²) in [5, 5.41) is 15.3. The van der Waals surface area contributed by atoms with Gasteiger partial charge < -0.3 is 14.6 Å². The van der Waals surface area contributed by atoms with Crippen molar-refractivity contribution in [1.82, 2.24) is 9.88 Å². The van der Waals surface area contributed by atoms with Gasteiger partial charge in [-0.2, -0.15) is 13.2 Å². The molecule has 1 aliphatic rings. The number of carbonyl (C=O) groups is 2. The van der Waals surface area contributed by atoms with Gasteiger partial charge in [-0.05, 0) is 73.3 Å². The highest BCUT2D eigenvalue weighted by molar-refractivity contribution is 6.27. The fourth-order valence-corrected chi connectivity index (χ4v) is 4.99. The lowest BCUT2D eigenvalue weighted by Crippen LogP contribution is -2.30. The van der Waals surface area contributed by atoms with Crippen molar-refractivity contribution in [2.24, 2.45) is 0 Å². The summed E-state index contributed by atoms with van der Waals surface area (Å²) in [6.07, 6.45) is 2.67. The molecule has 2 N–H and O–H groups in total. The van der Waals surface area contributed by atoms with Crippen LogP contribution in [0, 0.1) is 5.82 Å². The fraction of sp³-hybridized carbons (Fsp3) is 0.258. The van der Waals surface area contributed by atoms with Crippen molar-refractivity contribution in [3.63, 3.8) is 0 Å². The molecule has 11 heteroatoms. The van der Waals surface area contributed by atoms with Gasteiger partial charge in [0.2, 0.25) is 0 Å². The Morgan fingerprint density at radius 3 is 2.38 bits per heavy atom. The summed E-state index contributed by atoms with van der Waals surface area (Å²) in [5.74, 6) is -4.09. The summed E-state index contributed by atoms with van der Waals surface area (Å²) in [6.45, 7) is 2.25. The Kier molecular flexibility index (Phi) is 9.74. The van der Waals surface area contributed by atoms with Crippen LogP contribution in [0.3, 0.4) is 0 Å². The van der Waals surface area contributed by atoms with Crippen LogP contribution in [-0.2, 0) is 22.2 Å². The minimum absolute atomic E-state index is 0.139. The molecule has 0 saturated carbocycles. The Bertz CT molecular complexity index is 1550. The number of furan rings is 1. The molecule has 4 aromatic rings. The number of nitrogens with zero attached hydrogens (tertiary/aromatic N) is 2. The number of carboxylic acids is 2. The zero-order chi connectivity index (χ0) is 30.3. The largest absolute Gasteiger partial charge is 0.473 e. The van der Waals surface area contributed by atoms with Crippen LogP contribution in [0.2, 0.25) is 0 Å². The van der Waals surface area contributed by atoms with Gasteiger partial charge in [0.15, 0.2) is 0 Å². The summed E-state index contributed by atoms with van der Waals surface area (Å²) in [4.78, 5) is 24.9. The third-order valence-electron chi connectivity index (χ3n) is 7.07. The third-order valence-corrected chi connectivity index (χ3v) is 7.07. The Morgan fingerprint density at radius 1 is 1.00 bits per heavy atom. The maximum absolute atomic E-state index is 14.0. The van der Waals surface area contributed by atoms with Crippen molar-refractivity contribution < 1.29 is 41.8 Å². The zero-order valence-electron chi connectivity index (χ0n) is 22.4. The second-order valence-corrected chi connectivity index (χ2v) is 9.75. The van der Waals surface area contributed by atoms with Crippen molar-refractivity contribution in [3.8, 4) is 0 Å². The molecule has 0 bridgehead atoms. The lowest BCUT2D eigenvalue weighted by atomic mass is 9.89. The van der Waals surface area contributed by atoms with Crippen molar-refractivity contribution in [3.05, 3.63) is 107 Å². The average molecular weight is 585 g/mol. The molecule has 0 spiro atoms. The molecular formula is C31H28F4N2O5. The van der Waals surface area contributed by atoms with Crippen LogP contribution in [0.25, 0.3) is 16.5 Å². The molecule has 5 rings (SSSR count). The van der Waals surface area contributed by atoms with Gasteiger partial charge in [-0.25, -0.2) is 14.0 Å². The topological polar surface area (TPSA) is 104 Å². The van der Waals surface area contributed by atoms with Crippen LogP contribution in [0.5, 0.6) is 0 Å². The lowest BCUT2D eigenvalue weighted by Gasteiger charge is -2.28. The molecule has 2 aromatic carbocycles. The Morgan fingerprint density at radius 2 is 1.74 bits per heavy atom. The summed E-state index contributed by atoms with van der Waals surface area (Å²) in [7, 11) is 0. The maximum Gasteiger partial charge on any atom is 0.416 e. The van der Waals surface area contributed by atoms with E-state index in [0.29, 0.717) is 29.5 Å². The number of aromatic nitrogens is 1. The molecule has 0 fully saturated rings. The van der Waals surface area contributed by atoms with E-state index in [1.54, 1.807) is 30.5 Å². The van der Waals surface area contributed by atoms with Crippen LogP contribution in [0.1, 0.15) is 41.1 Å².